The van der Waals surface area contributed by atoms with Crippen molar-refractivity contribution in [3.05, 3.63) is 92.9 Å². The lowest BCUT2D eigenvalue weighted by Crippen LogP contribution is -2.24. The Labute approximate surface area is 190 Å². The fourth-order valence-electron chi connectivity index (χ4n) is 2.29. The van der Waals surface area contributed by atoms with E-state index < -0.39 is 5.97 Å². The second kappa shape index (κ2) is 10.7. The van der Waals surface area contributed by atoms with Crippen LogP contribution in [0.5, 0.6) is 11.5 Å². The third-order valence-electron chi connectivity index (χ3n) is 3.74. The molecule has 0 aliphatic carbocycles. The highest BCUT2D eigenvalue weighted by Crippen LogP contribution is 2.17. The summed E-state index contributed by atoms with van der Waals surface area (Å²) >= 11 is 6.65. The fraction of sp³-hybridized carbons (Fsp3) is 0.0455. The van der Waals surface area contributed by atoms with E-state index in [4.69, 9.17) is 9.47 Å². The average Bonchev–Trinajstić information content (AvgIpc) is 2.74. The summed E-state index contributed by atoms with van der Waals surface area (Å²) in [6.45, 7) is -0.149. The van der Waals surface area contributed by atoms with Gasteiger partial charge in [0, 0.05) is 8.95 Å². The minimum atomic E-state index is -0.448. The largest absolute Gasteiger partial charge is 0.484 e. The zero-order valence-corrected chi connectivity index (χ0v) is 18.7. The van der Waals surface area contributed by atoms with E-state index in [0.717, 1.165) is 14.5 Å². The van der Waals surface area contributed by atoms with E-state index in [-0.39, 0.29) is 12.5 Å². The molecule has 0 unspecified atom stereocenters. The first kappa shape index (κ1) is 21.7. The monoisotopic (exact) mass is 530 g/mol. The van der Waals surface area contributed by atoms with Crippen LogP contribution in [-0.2, 0) is 4.79 Å². The van der Waals surface area contributed by atoms with Gasteiger partial charge in [-0.15, -0.1) is 0 Å². The van der Waals surface area contributed by atoms with Crippen molar-refractivity contribution in [2.75, 3.05) is 6.61 Å². The molecule has 6 nitrogen and oxygen atoms in total. The minimum absolute atomic E-state index is 0.149. The van der Waals surface area contributed by atoms with Crippen molar-refractivity contribution >= 4 is 50.0 Å². The third-order valence-corrected chi connectivity index (χ3v) is 4.76. The highest BCUT2D eigenvalue weighted by Gasteiger charge is 2.08. The maximum absolute atomic E-state index is 12.1. The number of esters is 1. The van der Waals surface area contributed by atoms with Crippen LogP contribution < -0.4 is 14.9 Å². The summed E-state index contributed by atoms with van der Waals surface area (Å²) < 4.78 is 12.4. The standard InChI is InChI=1S/C22H16Br2N2O4/c23-17-6-10-19(11-7-17)29-14-21(27)26-25-13-15-4-8-20(9-5-15)30-22(28)16-2-1-3-18(24)12-16/h1-13H,14H2,(H,26,27)/b25-13+. The van der Waals surface area contributed by atoms with E-state index in [0.29, 0.717) is 17.1 Å². The summed E-state index contributed by atoms with van der Waals surface area (Å²) in [5.41, 5.74) is 3.57. The van der Waals surface area contributed by atoms with Crippen molar-refractivity contribution in [2.24, 2.45) is 5.10 Å². The maximum atomic E-state index is 12.1. The first-order valence-electron chi connectivity index (χ1n) is 8.78. The zero-order chi connectivity index (χ0) is 21.3. The van der Waals surface area contributed by atoms with Gasteiger partial charge in [0.15, 0.2) is 6.61 Å². The fourth-order valence-corrected chi connectivity index (χ4v) is 2.96. The van der Waals surface area contributed by atoms with Crippen LogP contribution in [0.1, 0.15) is 15.9 Å². The van der Waals surface area contributed by atoms with Crippen molar-refractivity contribution in [1.29, 1.82) is 0 Å². The van der Waals surface area contributed by atoms with Gasteiger partial charge in [-0.25, -0.2) is 10.2 Å². The summed E-state index contributed by atoms with van der Waals surface area (Å²) in [4.78, 5) is 23.9. The van der Waals surface area contributed by atoms with Crippen LogP contribution in [0, 0.1) is 0 Å². The van der Waals surface area contributed by atoms with Gasteiger partial charge in [0.05, 0.1) is 11.8 Å². The number of ether oxygens (including phenoxy) is 2. The summed E-state index contributed by atoms with van der Waals surface area (Å²) in [5, 5.41) is 3.89. The number of amides is 1. The number of hydrogen-bond donors (Lipinski definition) is 1. The van der Waals surface area contributed by atoms with Crippen molar-refractivity contribution < 1.29 is 19.1 Å². The molecular weight excluding hydrogens is 516 g/mol. The molecule has 0 saturated carbocycles. The smallest absolute Gasteiger partial charge is 0.343 e. The van der Waals surface area contributed by atoms with Crippen LogP contribution in [0.25, 0.3) is 0 Å². The number of nitrogens with zero attached hydrogens (tertiary/aromatic N) is 1. The molecule has 0 heterocycles. The Bertz CT molecular complexity index is 1050. The molecular formula is C22H16Br2N2O4. The SMILES string of the molecule is O=C(COc1ccc(Br)cc1)N/N=C/c1ccc(OC(=O)c2cccc(Br)c2)cc1. The number of carbonyl (C=O) groups is 2. The van der Waals surface area contributed by atoms with Gasteiger partial charge in [0.25, 0.3) is 5.91 Å². The van der Waals surface area contributed by atoms with Crippen molar-refractivity contribution in [2.45, 2.75) is 0 Å². The van der Waals surface area contributed by atoms with Crippen LogP contribution in [0.3, 0.4) is 0 Å². The molecule has 0 radical (unpaired) electrons. The van der Waals surface area contributed by atoms with Gasteiger partial charge >= 0.3 is 5.97 Å². The second-order valence-electron chi connectivity index (χ2n) is 6.00. The van der Waals surface area contributed by atoms with Crippen molar-refractivity contribution in [3.8, 4) is 11.5 Å². The molecule has 0 aromatic heterocycles. The number of hydrazone groups is 1. The van der Waals surface area contributed by atoms with E-state index in [1.54, 1.807) is 54.6 Å². The van der Waals surface area contributed by atoms with Gasteiger partial charge < -0.3 is 9.47 Å². The lowest BCUT2D eigenvalue weighted by atomic mass is 10.2. The van der Waals surface area contributed by atoms with Gasteiger partial charge in [0.2, 0.25) is 0 Å². The minimum Gasteiger partial charge on any atom is -0.484 e. The maximum Gasteiger partial charge on any atom is 0.343 e. The Balaban J connectivity index is 1.46. The highest BCUT2D eigenvalue weighted by molar-refractivity contribution is 9.10. The van der Waals surface area contributed by atoms with Gasteiger partial charge in [0.1, 0.15) is 11.5 Å². The predicted octanol–water partition coefficient (Wildman–Crippen LogP) is 4.96. The van der Waals surface area contributed by atoms with E-state index in [9.17, 15) is 9.59 Å². The molecule has 1 N–H and O–H groups in total. The van der Waals surface area contributed by atoms with E-state index in [2.05, 4.69) is 42.4 Å². The van der Waals surface area contributed by atoms with Crippen molar-refractivity contribution in [3.63, 3.8) is 0 Å². The summed E-state index contributed by atoms with van der Waals surface area (Å²) in [6, 6.07) is 20.9. The Morgan fingerprint density at radius 1 is 0.900 bits per heavy atom. The quantitative estimate of drug-likeness (QED) is 0.202. The molecule has 0 spiro atoms. The Kier molecular flexibility index (Phi) is 7.75. The van der Waals surface area contributed by atoms with Gasteiger partial charge in [-0.1, -0.05) is 37.9 Å². The van der Waals surface area contributed by atoms with Crippen LogP contribution in [-0.4, -0.2) is 24.7 Å². The Hall–Kier alpha value is -2.97. The van der Waals surface area contributed by atoms with Crippen LogP contribution >= 0.6 is 31.9 Å². The summed E-state index contributed by atoms with van der Waals surface area (Å²) in [7, 11) is 0. The predicted molar refractivity (Wildman–Crippen MR) is 121 cm³/mol. The van der Waals surface area contributed by atoms with Crippen molar-refractivity contribution in [1.82, 2.24) is 5.43 Å². The number of benzene rings is 3. The molecule has 152 valence electrons. The second-order valence-corrected chi connectivity index (χ2v) is 7.84. The number of halogens is 2. The molecule has 3 rings (SSSR count). The molecule has 0 aliphatic heterocycles. The molecule has 8 heteroatoms. The van der Waals surface area contributed by atoms with Crippen LogP contribution in [0.4, 0.5) is 0 Å². The number of hydrogen-bond acceptors (Lipinski definition) is 5. The van der Waals surface area contributed by atoms with E-state index >= 15 is 0 Å². The number of nitrogens with one attached hydrogen (secondary N) is 1. The molecule has 1 amide bonds. The normalized spacial score (nSPS) is 10.6. The van der Waals surface area contributed by atoms with Crippen LogP contribution in [0.15, 0.2) is 86.8 Å². The van der Waals surface area contributed by atoms with Gasteiger partial charge in [-0.3, -0.25) is 4.79 Å². The molecule has 0 bridgehead atoms. The molecule has 0 atom stereocenters. The van der Waals surface area contributed by atoms with Gasteiger partial charge in [-0.05, 0) is 72.3 Å². The lowest BCUT2D eigenvalue weighted by molar-refractivity contribution is -0.123. The first-order chi connectivity index (χ1) is 14.5. The Morgan fingerprint density at radius 2 is 1.60 bits per heavy atom. The summed E-state index contributed by atoms with van der Waals surface area (Å²) in [5.74, 6) is 0.166. The molecule has 0 saturated heterocycles. The number of carbonyl (C=O) groups excluding carboxylic acids is 2. The molecule has 30 heavy (non-hydrogen) atoms. The van der Waals surface area contributed by atoms with Crippen LogP contribution in [0.2, 0.25) is 0 Å². The number of rotatable bonds is 7. The molecule has 3 aromatic carbocycles. The summed E-state index contributed by atoms with van der Waals surface area (Å²) in [6.07, 6.45) is 1.48. The highest BCUT2D eigenvalue weighted by atomic mass is 79.9. The molecule has 0 aliphatic rings. The average molecular weight is 532 g/mol. The van der Waals surface area contributed by atoms with E-state index in [1.807, 2.05) is 18.2 Å². The van der Waals surface area contributed by atoms with Gasteiger partial charge in [-0.2, -0.15) is 5.10 Å². The molecule has 3 aromatic rings. The molecule has 0 fully saturated rings. The topological polar surface area (TPSA) is 77.0 Å². The zero-order valence-electron chi connectivity index (χ0n) is 15.5. The van der Waals surface area contributed by atoms with E-state index in [1.165, 1.54) is 6.21 Å². The third kappa shape index (κ3) is 6.82. The Morgan fingerprint density at radius 3 is 2.30 bits per heavy atom. The first-order valence-corrected chi connectivity index (χ1v) is 10.4. The lowest BCUT2D eigenvalue weighted by Gasteiger charge is -2.05.